The Hall–Kier alpha value is -0.850. The van der Waals surface area contributed by atoms with Crippen molar-refractivity contribution in [3.63, 3.8) is 0 Å². The molecule has 2 heterocycles. The van der Waals surface area contributed by atoms with E-state index in [1.54, 1.807) is 37.0 Å². The lowest BCUT2D eigenvalue weighted by Gasteiger charge is -1.95. The van der Waals surface area contributed by atoms with Crippen molar-refractivity contribution in [2.75, 3.05) is 7.11 Å². The summed E-state index contributed by atoms with van der Waals surface area (Å²) in [5.74, 6) is 0. The number of alkyl halides is 1. The molecular formula is C10H10BrN3OS. The second-order valence-corrected chi connectivity index (χ2v) is 4.69. The maximum Gasteiger partial charge on any atom is 0.144 e. The molecule has 16 heavy (non-hydrogen) atoms. The summed E-state index contributed by atoms with van der Waals surface area (Å²) in [5.41, 5.74) is 1.77. The molecule has 84 valence electrons. The smallest absolute Gasteiger partial charge is 0.144 e. The van der Waals surface area contributed by atoms with E-state index in [1.807, 2.05) is 0 Å². The summed E-state index contributed by atoms with van der Waals surface area (Å²) >= 11 is 5.06. The quantitative estimate of drug-likeness (QED) is 0.814. The van der Waals surface area contributed by atoms with E-state index in [-0.39, 0.29) is 0 Å². The van der Waals surface area contributed by atoms with Gasteiger partial charge in [0.15, 0.2) is 0 Å². The van der Waals surface area contributed by atoms with E-state index in [0.29, 0.717) is 6.61 Å². The van der Waals surface area contributed by atoms with E-state index in [9.17, 15) is 0 Å². The van der Waals surface area contributed by atoms with E-state index < -0.39 is 0 Å². The fourth-order valence-corrected chi connectivity index (χ4v) is 2.80. The van der Waals surface area contributed by atoms with Crippen LogP contribution in [0.4, 0.5) is 0 Å². The standard InChI is InChI=1S/C10H10BrN3OS/c1-15-6-8-9(4-11)16-10(14-8)7-5-12-2-3-13-7/h2-3,5H,4,6H2,1H3. The molecule has 0 aromatic carbocycles. The number of hydrogen-bond acceptors (Lipinski definition) is 5. The minimum atomic E-state index is 0.525. The van der Waals surface area contributed by atoms with Crippen LogP contribution in [0.25, 0.3) is 10.7 Å². The first-order valence-corrected chi connectivity index (χ1v) is 6.58. The average molecular weight is 300 g/mol. The van der Waals surface area contributed by atoms with Gasteiger partial charge in [0.05, 0.1) is 18.5 Å². The Kier molecular flexibility index (Phi) is 3.98. The lowest BCUT2D eigenvalue weighted by atomic mass is 10.4. The number of methoxy groups -OCH3 is 1. The van der Waals surface area contributed by atoms with Gasteiger partial charge in [-0.1, -0.05) is 15.9 Å². The van der Waals surface area contributed by atoms with Crippen molar-refractivity contribution in [2.45, 2.75) is 11.9 Å². The van der Waals surface area contributed by atoms with Crippen LogP contribution < -0.4 is 0 Å². The molecule has 0 bridgehead atoms. The molecule has 0 amide bonds. The van der Waals surface area contributed by atoms with Gasteiger partial charge < -0.3 is 4.74 Å². The molecule has 2 aromatic heterocycles. The molecule has 0 fully saturated rings. The Bertz CT molecular complexity index is 460. The number of ether oxygens (including phenoxy) is 1. The maximum absolute atomic E-state index is 5.11. The first kappa shape index (κ1) is 11.6. The van der Waals surface area contributed by atoms with Crippen LogP contribution >= 0.6 is 27.3 Å². The second-order valence-electron chi connectivity index (χ2n) is 3.05. The molecule has 4 nitrogen and oxygen atoms in total. The Balaban J connectivity index is 2.36. The number of aromatic nitrogens is 3. The fraction of sp³-hybridized carbons (Fsp3) is 0.300. The summed E-state index contributed by atoms with van der Waals surface area (Å²) in [4.78, 5) is 13.9. The van der Waals surface area contributed by atoms with Gasteiger partial charge in [-0.2, -0.15) is 0 Å². The molecule has 0 aliphatic rings. The highest BCUT2D eigenvalue weighted by atomic mass is 79.9. The number of nitrogens with zero attached hydrogens (tertiary/aromatic N) is 3. The number of hydrogen-bond donors (Lipinski definition) is 0. The largest absolute Gasteiger partial charge is 0.378 e. The lowest BCUT2D eigenvalue weighted by molar-refractivity contribution is 0.181. The maximum atomic E-state index is 5.11. The molecule has 0 saturated heterocycles. The minimum absolute atomic E-state index is 0.525. The summed E-state index contributed by atoms with van der Waals surface area (Å²) in [5, 5.41) is 1.67. The summed E-state index contributed by atoms with van der Waals surface area (Å²) in [6, 6.07) is 0. The van der Waals surface area contributed by atoms with Gasteiger partial charge in [0.1, 0.15) is 10.7 Å². The molecule has 0 N–H and O–H groups in total. The van der Waals surface area contributed by atoms with Crippen LogP contribution in [0.3, 0.4) is 0 Å². The van der Waals surface area contributed by atoms with Gasteiger partial charge in [0, 0.05) is 29.7 Å². The number of halogens is 1. The Morgan fingerprint density at radius 3 is 2.94 bits per heavy atom. The van der Waals surface area contributed by atoms with Gasteiger partial charge in [0.2, 0.25) is 0 Å². The molecule has 0 atom stereocenters. The average Bonchev–Trinajstić information content (AvgIpc) is 2.74. The predicted molar refractivity (Wildman–Crippen MR) is 66.5 cm³/mol. The molecule has 0 aliphatic heterocycles. The van der Waals surface area contributed by atoms with Crippen molar-refractivity contribution in [2.24, 2.45) is 0 Å². The number of thiazole rings is 1. The minimum Gasteiger partial charge on any atom is -0.378 e. The molecule has 2 rings (SSSR count). The zero-order chi connectivity index (χ0) is 11.4. The van der Waals surface area contributed by atoms with Gasteiger partial charge in [-0.25, -0.2) is 4.98 Å². The molecule has 0 saturated carbocycles. The lowest BCUT2D eigenvalue weighted by Crippen LogP contribution is -1.91. The summed E-state index contributed by atoms with van der Waals surface area (Å²) < 4.78 is 5.11. The third kappa shape index (κ3) is 2.45. The van der Waals surface area contributed by atoms with Crippen LogP contribution in [0.2, 0.25) is 0 Å². The molecule has 0 spiro atoms. The van der Waals surface area contributed by atoms with E-state index in [0.717, 1.165) is 21.7 Å². The third-order valence-electron chi connectivity index (χ3n) is 1.96. The molecule has 0 aliphatic carbocycles. The molecule has 2 aromatic rings. The van der Waals surface area contributed by atoms with E-state index >= 15 is 0 Å². The van der Waals surface area contributed by atoms with Crippen LogP contribution in [-0.2, 0) is 16.7 Å². The fourth-order valence-electron chi connectivity index (χ4n) is 1.26. The van der Waals surface area contributed by atoms with Gasteiger partial charge in [-0.05, 0) is 0 Å². The van der Waals surface area contributed by atoms with Gasteiger partial charge >= 0.3 is 0 Å². The third-order valence-corrected chi connectivity index (χ3v) is 4.01. The van der Waals surface area contributed by atoms with Crippen molar-refractivity contribution >= 4 is 27.3 Å². The second kappa shape index (κ2) is 5.47. The summed E-state index contributed by atoms with van der Waals surface area (Å²) in [6.07, 6.45) is 5.03. The van der Waals surface area contributed by atoms with Crippen molar-refractivity contribution in [3.05, 3.63) is 29.2 Å². The zero-order valence-electron chi connectivity index (χ0n) is 8.68. The van der Waals surface area contributed by atoms with Crippen LogP contribution in [0.15, 0.2) is 18.6 Å². The highest BCUT2D eigenvalue weighted by molar-refractivity contribution is 9.08. The monoisotopic (exact) mass is 299 g/mol. The van der Waals surface area contributed by atoms with Crippen LogP contribution in [0.1, 0.15) is 10.6 Å². The van der Waals surface area contributed by atoms with Crippen LogP contribution in [-0.4, -0.2) is 22.1 Å². The highest BCUT2D eigenvalue weighted by Crippen LogP contribution is 2.28. The Labute approximate surface area is 106 Å². The van der Waals surface area contributed by atoms with E-state index in [4.69, 9.17) is 4.74 Å². The topological polar surface area (TPSA) is 47.9 Å². The molecule has 6 heteroatoms. The highest BCUT2D eigenvalue weighted by Gasteiger charge is 2.12. The van der Waals surface area contributed by atoms with Gasteiger partial charge in [-0.3, -0.25) is 9.97 Å². The van der Waals surface area contributed by atoms with Crippen molar-refractivity contribution in [1.29, 1.82) is 0 Å². The van der Waals surface area contributed by atoms with Gasteiger partial charge in [-0.15, -0.1) is 11.3 Å². The molecule has 0 unspecified atom stereocenters. The summed E-state index contributed by atoms with van der Waals surface area (Å²) in [6.45, 7) is 0.525. The molecule has 0 radical (unpaired) electrons. The van der Waals surface area contributed by atoms with Crippen molar-refractivity contribution < 1.29 is 4.74 Å². The zero-order valence-corrected chi connectivity index (χ0v) is 11.1. The van der Waals surface area contributed by atoms with Crippen LogP contribution in [0.5, 0.6) is 0 Å². The van der Waals surface area contributed by atoms with Crippen molar-refractivity contribution in [1.82, 2.24) is 15.0 Å². The Morgan fingerprint density at radius 1 is 1.44 bits per heavy atom. The van der Waals surface area contributed by atoms with Crippen LogP contribution in [0, 0.1) is 0 Å². The van der Waals surface area contributed by atoms with Crippen molar-refractivity contribution in [3.8, 4) is 10.7 Å². The summed E-state index contributed by atoms with van der Waals surface area (Å²) in [7, 11) is 1.67. The number of rotatable bonds is 4. The van der Waals surface area contributed by atoms with E-state index in [2.05, 4.69) is 30.9 Å². The first-order chi connectivity index (χ1) is 7.85. The normalized spacial score (nSPS) is 10.6. The molecular weight excluding hydrogens is 290 g/mol. The predicted octanol–water partition coefficient (Wildman–Crippen LogP) is 2.64. The first-order valence-electron chi connectivity index (χ1n) is 4.65. The van der Waals surface area contributed by atoms with E-state index in [1.165, 1.54) is 4.88 Å². The SMILES string of the molecule is COCc1nc(-c2cnccn2)sc1CBr. The van der Waals surface area contributed by atoms with Gasteiger partial charge in [0.25, 0.3) is 0 Å². The Morgan fingerprint density at radius 2 is 2.31 bits per heavy atom.